The first-order chi connectivity index (χ1) is 12.3. The average molecular weight is 362 g/mol. The van der Waals surface area contributed by atoms with Gasteiger partial charge in [0.15, 0.2) is 0 Å². The van der Waals surface area contributed by atoms with Crippen LogP contribution in [-0.2, 0) is 4.74 Å². The van der Waals surface area contributed by atoms with E-state index in [1.807, 2.05) is 26.8 Å². The lowest BCUT2D eigenvalue weighted by atomic mass is 9.90. The van der Waals surface area contributed by atoms with E-state index in [0.29, 0.717) is 18.4 Å². The summed E-state index contributed by atoms with van der Waals surface area (Å²) < 4.78 is 11.3. The predicted octanol–water partition coefficient (Wildman–Crippen LogP) is 5.66. The van der Waals surface area contributed by atoms with E-state index in [2.05, 4.69) is 30.4 Å². The van der Waals surface area contributed by atoms with Crippen molar-refractivity contribution in [2.75, 3.05) is 13.2 Å². The lowest BCUT2D eigenvalue weighted by Crippen LogP contribution is -2.33. The van der Waals surface area contributed by atoms with Crippen LogP contribution >= 0.6 is 0 Å². The maximum absolute atomic E-state index is 11.7. The molecule has 26 heavy (non-hydrogen) atoms. The van der Waals surface area contributed by atoms with Gasteiger partial charge in [-0.25, -0.2) is 4.79 Å². The number of amides is 1. The summed E-state index contributed by atoms with van der Waals surface area (Å²) in [6, 6.07) is 8.37. The van der Waals surface area contributed by atoms with E-state index in [9.17, 15) is 4.79 Å². The number of carbonyl (C=O) groups is 1. The van der Waals surface area contributed by atoms with E-state index in [1.54, 1.807) is 0 Å². The van der Waals surface area contributed by atoms with E-state index >= 15 is 0 Å². The van der Waals surface area contributed by atoms with Crippen LogP contribution in [0.15, 0.2) is 24.3 Å². The van der Waals surface area contributed by atoms with Crippen LogP contribution in [0.25, 0.3) is 0 Å². The van der Waals surface area contributed by atoms with Crippen LogP contribution in [0.4, 0.5) is 4.79 Å². The van der Waals surface area contributed by atoms with Gasteiger partial charge in [-0.2, -0.15) is 0 Å². The fourth-order valence-corrected chi connectivity index (χ4v) is 3.35. The van der Waals surface area contributed by atoms with E-state index in [1.165, 1.54) is 37.7 Å². The first kappa shape index (κ1) is 20.6. The van der Waals surface area contributed by atoms with Crippen LogP contribution in [0.2, 0.25) is 0 Å². The summed E-state index contributed by atoms with van der Waals surface area (Å²) in [5.74, 6) is 2.02. The van der Waals surface area contributed by atoms with E-state index in [4.69, 9.17) is 9.47 Å². The Balaban J connectivity index is 1.76. The SMILES string of the molecule is CC(CCNC(=O)OC(C)(C)C)c1cccc(OCC2CCCCC2)c1. The number of carbonyl (C=O) groups excluding carboxylic acids is 1. The van der Waals surface area contributed by atoms with Gasteiger partial charge >= 0.3 is 6.09 Å². The Morgan fingerprint density at radius 3 is 2.65 bits per heavy atom. The highest BCUT2D eigenvalue weighted by molar-refractivity contribution is 5.67. The molecule has 1 fully saturated rings. The monoisotopic (exact) mass is 361 g/mol. The van der Waals surface area contributed by atoms with Crippen molar-refractivity contribution in [1.82, 2.24) is 5.32 Å². The highest BCUT2D eigenvalue weighted by atomic mass is 16.6. The van der Waals surface area contributed by atoms with E-state index < -0.39 is 5.60 Å². The molecule has 1 aromatic carbocycles. The lowest BCUT2D eigenvalue weighted by molar-refractivity contribution is 0.0526. The fourth-order valence-electron chi connectivity index (χ4n) is 3.35. The lowest BCUT2D eigenvalue weighted by Gasteiger charge is -2.22. The third-order valence-corrected chi connectivity index (χ3v) is 4.88. The molecular formula is C22H35NO3. The largest absolute Gasteiger partial charge is 0.493 e. The Morgan fingerprint density at radius 2 is 1.96 bits per heavy atom. The standard InChI is InChI=1S/C22H35NO3/c1-17(13-14-23-21(24)26-22(2,3)4)19-11-8-12-20(15-19)25-16-18-9-6-5-7-10-18/h8,11-12,15,17-18H,5-7,9-10,13-14,16H2,1-4H3,(H,23,24). The maximum Gasteiger partial charge on any atom is 0.407 e. The van der Waals surface area contributed by atoms with Gasteiger partial charge in [0.25, 0.3) is 0 Å². The van der Waals surface area contributed by atoms with Crippen LogP contribution < -0.4 is 10.1 Å². The van der Waals surface area contributed by atoms with Gasteiger partial charge in [-0.05, 0) is 69.6 Å². The molecule has 0 saturated heterocycles. The summed E-state index contributed by atoms with van der Waals surface area (Å²) in [6.07, 6.45) is 7.17. The Morgan fingerprint density at radius 1 is 1.23 bits per heavy atom. The number of hydrogen-bond acceptors (Lipinski definition) is 3. The zero-order valence-electron chi connectivity index (χ0n) is 16.8. The fraction of sp³-hybridized carbons (Fsp3) is 0.682. The molecule has 0 spiro atoms. The molecule has 1 N–H and O–H groups in total. The molecular weight excluding hydrogens is 326 g/mol. The summed E-state index contributed by atoms with van der Waals surface area (Å²) in [6.45, 7) is 9.22. The second-order valence-electron chi connectivity index (χ2n) is 8.51. The van der Waals surface area contributed by atoms with Crippen LogP contribution in [-0.4, -0.2) is 24.8 Å². The van der Waals surface area contributed by atoms with Crippen LogP contribution in [0.1, 0.15) is 77.7 Å². The topological polar surface area (TPSA) is 47.6 Å². The molecule has 0 heterocycles. The maximum atomic E-state index is 11.7. The van der Waals surface area contributed by atoms with Crippen molar-refractivity contribution < 1.29 is 14.3 Å². The van der Waals surface area contributed by atoms with Gasteiger partial charge in [0, 0.05) is 6.54 Å². The van der Waals surface area contributed by atoms with Crippen molar-refractivity contribution in [2.45, 2.75) is 77.7 Å². The molecule has 1 aliphatic rings. The van der Waals surface area contributed by atoms with E-state index in [-0.39, 0.29) is 6.09 Å². The first-order valence-corrected chi connectivity index (χ1v) is 10.0. The predicted molar refractivity (Wildman–Crippen MR) is 106 cm³/mol. The van der Waals surface area contributed by atoms with Gasteiger partial charge in [-0.1, -0.05) is 38.3 Å². The molecule has 0 aliphatic heterocycles. The summed E-state index contributed by atoms with van der Waals surface area (Å²) in [5.41, 5.74) is 0.789. The third kappa shape index (κ3) is 7.67. The smallest absolute Gasteiger partial charge is 0.407 e. The zero-order chi connectivity index (χ0) is 19.0. The van der Waals surface area contributed by atoms with Crippen molar-refractivity contribution in [3.63, 3.8) is 0 Å². The van der Waals surface area contributed by atoms with Crippen molar-refractivity contribution >= 4 is 6.09 Å². The quantitative estimate of drug-likeness (QED) is 0.681. The second kappa shape index (κ2) is 9.84. The number of rotatable bonds is 7. The van der Waals surface area contributed by atoms with Crippen LogP contribution in [0, 0.1) is 5.92 Å². The van der Waals surface area contributed by atoms with Gasteiger partial charge in [0.1, 0.15) is 11.4 Å². The highest BCUT2D eigenvalue weighted by Crippen LogP contribution is 2.26. The molecule has 1 aromatic rings. The number of benzene rings is 1. The van der Waals surface area contributed by atoms with Gasteiger partial charge in [-0.15, -0.1) is 0 Å². The van der Waals surface area contributed by atoms with Crippen molar-refractivity contribution in [3.05, 3.63) is 29.8 Å². The van der Waals surface area contributed by atoms with Gasteiger partial charge in [0.2, 0.25) is 0 Å². The highest BCUT2D eigenvalue weighted by Gasteiger charge is 2.16. The van der Waals surface area contributed by atoms with Crippen LogP contribution in [0.3, 0.4) is 0 Å². The summed E-state index contributed by atoms with van der Waals surface area (Å²) in [7, 11) is 0. The van der Waals surface area contributed by atoms with Gasteiger partial charge < -0.3 is 14.8 Å². The summed E-state index contributed by atoms with van der Waals surface area (Å²) in [5, 5.41) is 2.83. The van der Waals surface area contributed by atoms with Gasteiger partial charge in [-0.3, -0.25) is 0 Å². The number of alkyl carbamates (subject to hydrolysis) is 1. The number of hydrogen-bond donors (Lipinski definition) is 1. The van der Waals surface area contributed by atoms with Crippen molar-refractivity contribution in [3.8, 4) is 5.75 Å². The molecule has 1 amide bonds. The molecule has 4 nitrogen and oxygen atoms in total. The molecule has 1 unspecified atom stereocenters. The number of ether oxygens (including phenoxy) is 2. The summed E-state index contributed by atoms with van der Waals surface area (Å²) in [4.78, 5) is 11.7. The first-order valence-electron chi connectivity index (χ1n) is 10.0. The molecule has 0 aromatic heterocycles. The number of nitrogens with one attached hydrogen (secondary N) is 1. The van der Waals surface area contributed by atoms with E-state index in [0.717, 1.165) is 18.8 Å². The molecule has 4 heteroatoms. The molecule has 1 saturated carbocycles. The molecule has 0 bridgehead atoms. The second-order valence-corrected chi connectivity index (χ2v) is 8.51. The van der Waals surface area contributed by atoms with Gasteiger partial charge in [0.05, 0.1) is 6.61 Å². The minimum atomic E-state index is -0.459. The third-order valence-electron chi connectivity index (χ3n) is 4.88. The average Bonchev–Trinajstić information content (AvgIpc) is 2.59. The van der Waals surface area contributed by atoms with Crippen LogP contribution in [0.5, 0.6) is 5.75 Å². The molecule has 1 aliphatic carbocycles. The van der Waals surface area contributed by atoms with Crippen molar-refractivity contribution in [1.29, 1.82) is 0 Å². The Labute approximate surface area is 158 Å². The Hall–Kier alpha value is -1.71. The molecule has 146 valence electrons. The normalized spacial score (nSPS) is 16.8. The molecule has 1 atom stereocenters. The Kier molecular flexibility index (Phi) is 7.80. The Bertz CT molecular complexity index is 559. The molecule has 2 rings (SSSR count). The zero-order valence-corrected chi connectivity index (χ0v) is 16.8. The molecule has 0 radical (unpaired) electrons. The minimum absolute atomic E-state index is 0.350. The minimum Gasteiger partial charge on any atom is -0.493 e. The van der Waals surface area contributed by atoms with Crippen molar-refractivity contribution in [2.24, 2.45) is 5.92 Å². The summed E-state index contributed by atoms with van der Waals surface area (Å²) >= 11 is 0.